The minimum Gasteiger partial charge on any atom is -0.347 e. The number of nitrogens with zero attached hydrogens (tertiary/aromatic N) is 4. The van der Waals surface area contributed by atoms with E-state index in [1.54, 1.807) is 17.5 Å². The predicted octanol–water partition coefficient (Wildman–Crippen LogP) is 4.66. The third-order valence-corrected chi connectivity index (χ3v) is 7.69. The average molecular weight is 482 g/mol. The number of nitrogens with one attached hydrogen (secondary N) is 1. The van der Waals surface area contributed by atoms with Crippen molar-refractivity contribution in [3.05, 3.63) is 63.3 Å². The van der Waals surface area contributed by atoms with E-state index in [0.717, 1.165) is 78.6 Å². The average Bonchev–Trinajstić information content (AvgIpc) is 3.57. The Kier molecular flexibility index (Phi) is 5.63. The summed E-state index contributed by atoms with van der Waals surface area (Å²) in [6.45, 7) is 4.32. The molecule has 0 amide bonds. The normalized spacial score (nSPS) is 18.5. The van der Waals surface area contributed by atoms with E-state index in [0.29, 0.717) is 11.4 Å². The Labute approximate surface area is 200 Å². The second-order valence-corrected chi connectivity index (χ2v) is 10.2. The Bertz CT molecular complexity index is 1270. The van der Waals surface area contributed by atoms with Crippen LogP contribution < -0.4 is 0 Å². The van der Waals surface area contributed by atoms with Crippen LogP contribution in [0.25, 0.3) is 22.2 Å². The quantitative estimate of drug-likeness (QED) is 0.446. The van der Waals surface area contributed by atoms with Crippen LogP contribution in [0.4, 0.5) is 0 Å². The summed E-state index contributed by atoms with van der Waals surface area (Å²) in [4.78, 5) is 12.9. The van der Waals surface area contributed by atoms with Crippen LogP contribution in [0.5, 0.6) is 0 Å². The number of hydrogen-bond donors (Lipinski definition) is 1. The van der Waals surface area contributed by atoms with E-state index in [4.69, 9.17) is 26.1 Å². The van der Waals surface area contributed by atoms with Crippen LogP contribution in [-0.2, 0) is 22.4 Å². The van der Waals surface area contributed by atoms with Crippen molar-refractivity contribution in [3.63, 3.8) is 0 Å². The van der Waals surface area contributed by atoms with Gasteiger partial charge in [-0.2, -0.15) is 5.10 Å². The predicted molar refractivity (Wildman–Crippen MR) is 128 cm³/mol. The maximum absolute atomic E-state index is 6.36. The van der Waals surface area contributed by atoms with Crippen LogP contribution in [0.2, 0.25) is 5.02 Å². The van der Waals surface area contributed by atoms with Gasteiger partial charge in [0.15, 0.2) is 5.79 Å². The van der Waals surface area contributed by atoms with Crippen LogP contribution >= 0.6 is 22.9 Å². The smallest absolute Gasteiger partial charge is 0.170 e. The Morgan fingerprint density at radius 1 is 1.12 bits per heavy atom. The topological polar surface area (TPSA) is 76.2 Å². The van der Waals surface area contributed by atoms with Gasteiger partial charge in [0.1, 0.15) is 0 Å². The van der Waals surface area contributed by atoms with Crippen molar-refractivity contribution >= 4 is 33.8 Å². The molecule has 1 spiro atoms. The number of benzene rings is 1. The summed E-state index contributed by atoms with van der Waals surface area (Å²) < 4.78 is 11.7. The number of likely N-dealkylation sites (tertiary alicyclic amines) is 1. The number of piperidine rings is 1. The largest absolute Gasteiger partial charge is 0.347 e. The lowest BCUT2D eigenvalue weighted by Crippen LogP contribution is -2.44. The van der Waals surface area contributed by atoms with Gasteiger partial charge >= 0.3 is 0 Å². The molecule has 9 heteroatoms. The number of hydrogen-bond acceptors (Lipinski definition) is 7. The number of H-pyrrole nitrogens is 1. The molecule has 2 aliphatic rings. The first-order valence-corrected chi connectivity index (χ1v) is 12.4. The van der Waals surface area contributed by atoms with E-state index in [9.17, 15) is 0 Å². The standard InChI is InChI=1S/C24H24ClN5O2S/c25-19-2-1-7-26-23(19)16-3-4-20-18(12-16)21(29-28-20)13-22-27-14-17(33-22)15-30-8-5-24(6-9-30)31-10-11-32-24/h1-4,7,12,14H,5-6,8-11,13,15H2,(H,28,29). The summed E-state index contributed by atoms with van der Waals surface area (Å²) in [5.41, 5.74) is 3.74. The minimum atomic E-state index is -0.324. The zero-order valence-corrected chi connectivity index (χ0v) is 19.7. The molecule has 170 valence electrons. The number of thiazole rings is 1. The second kappa shape index (κ2) is 8.77. The molecule has 2 fully saturated rings. The minimum absolute atomic E-state index is 0.324. The molecule has 4 aromatic rings. The molecule has 1 N–H and O–H groups in total. The van der Waals surface area contributed by atoms with Gasteiger partial charge in [-0.05, 0) is 24.3 Å². The molecular formula is C24H24ClN5O2S. The van der Waals surface area contributed by atoms with Crippen LogP contribution in [0.15, 0.2) is 42.7 Å². The molecule has 5 heterocycles. The molecule has 1 aromatic carbocycles. The first-order valence-electron chi connectivity index (χ1n) is 11.2. The molecule has 0 atom stereocenters. The summed E-state index contributed by atoms with van der Waals surface area (Å²) in [6.07, 6.45) is 6.34. The second-order valence-electron chi connectivity index (χ2n) is 8.55. The van der Waals surface area contributed by atoms with Crippen LogP contribution in [-0.4, -0.2) is 57.2 Å². The van der Waals surface area contributed by atoms with Crippen molar-refractivity contribution in [1.29, 1.82) is 0 Å². The van der Waals surface area contributed by atoms with Crippen molar-refractivity contribution in [2.45, 2.75) is 31.6 Å². The summed E-state index contributed by atoms with van der Waals surface area (Å²) in [5, 5.41) is 10.5. The summed E-state index contributed by atoms with van der Waals surface area (Å²) in [6, 6.07) is 9.81. The van der Waals surface area contributed by atoms with Gasteiger partial charge < -0.3 is 9.47 Å². The summed E-state index contributed by atoms with van der Waals surface area (Å²) in [5.74, 6) is -0.324. The first-order chi connectivity index (χ1) is 16.2. The van der Waals surface area contributed by atoms with E-state index in [2.05, 4.69) is 26.1 Å². The monoisotopic (exact) mass is 481 g/mol. The number of aromatic nitrogens is 4. The van der Waals surface area contributed by atoms with E-state index in [1.165, 1.54) is 4.88 Å². The lowest BCUT2D eigenvalue weighted by atomic mass is 10.0. The fourth-order valence-corrected chi connectivity index (χ4v) is 5.86. The van der Waals surface area contributed by atoms with Crippen molar-refractivity contribution in [2.24, 2.45) is 0 Å². The fourth-order valence-electron chi connectivity index (χ4n) is 4.66. The van der Waals surface area contributed by atoms with Gasteiger partial charge in [0.2, 0.25) is 0 Å². The van der Waals surface area contributed by atoms with Crippen molar-refractivity contribution in [2.75, 3.05) is 26.3 Å². The maximum atomic E-state index is 6.36. The molecule has 0 radical (unpaired) electrons. The van der Waals surface area contributed by atoms with Gasteiger partial charge in [-0.15, -0.1) is 11.3 Å². The van der Waals surface area contributed by atoms with Gasteiger partial charge in [-0.1, -0.05) is 17.7 Å². The van der Waals surface area contributed by atoms with Crippen molar-refractivity contribution in [3.8, 4) is 11.3 Å². The highest BCUT2D eigenvalue weighted by Crippen LogP contribution is 2.33. The highest BCUT2D eigenvalue weighted by atomic mass is 35.5. The Morgan fingerprint density at radius 2 is 1.97 bits per heavy atom. The zero-order valence-electron chi connectivity index (χ0n) is 18.1. The van der Waals surface area contributed by atoms with E-state index < -0.39 is 0 Å². The van der Waals surface area contributed by atoms with Crippen LogP contribution in [0.1, 0.15) is 28.4 Å². The molecule has 2 aliphatic heterocycles. The van der Waals surface area contributed by atoms with Gasteiger partial charge in [-0.25, -0.2) is 4.98 Å². The zero-order chi connectivity index (χ0) is 22.3. The van der Waals surface area contributed by atoms with Crippen LogP contribution in [0.3, 0.4) is 0 Å². The van der Waals surface area contributed by atoms with E-state index in [1.807, 2.05) is 30.5 Å². The summed E-state index contributed by atoms with van der Waals surface area (Å²) >= 11 is 8.12. The molecule has 33 heavy (non-hydrogen) atoms. The highest BCUT2D eigenvalue weighted by molar-refractivity contribution is 7.11. The lowest BCUT2D eigenvalue weighted by Gasteiger charge is -2.37. The summed E-state index contributed by atoms with van der Waals surface area (Å²) in [7, 11) is 0. The molecule has 2 saturated heterocycles. The number of ether oxygens (including phenoxy) is 2. The van der Waals surface area contributed by atoms with Crippen LogP contribution in [0, 0.1) is 0 Å². The van der Waals surface area contributed by atoms with Crippen molar-refractivity contribution in [1.82, 2.24) is 25.1 Å². The Balaban J connectivity index is 1.16. The number of fused-ring (bicyclic) bond motifs is 1. The fraction of sp³-hybridized carbons (Fsp3) is 0.375. The number of pyridine rings is 1. The van der Waals surface area contributed by atoms with Gasteiger partial charge in [0.05, 0.1) is 34.5 Å². The molecule has 0 unspecified atom stereocenters. The maximum Gasteiger partial charge on any atom is 0.170 e. The third-order valence-electron chi connectivity index (χ3n) is 6.41. The molecule has 0 aliphatic carbocycles. The third kappa shape index (κ3) is 4.29. The molecular weight excluding hydrogens is 458 g/mol. The number of halogens is 1. The SMILES string of the molecule is Clc1cccnc1-c1ccc2n[nH]c(Cc3ncc(CN4CCC5(CC4)OCCO5)s3)c2c1. The molecule has 6 rings (SSSR count). The van der Waals surface area contributed by atoms with E-state index in [-0.39, 0.29) is 5.79 Å². The molecule has 0 saturated carbocycles. The van der Waals surface area contributed by atoms with Gasteiger partial charge in [0.25, 0.3) is 0 Å². The number of aromatic amines is 1. The molecule has 7 nitrogen and oxygen atoms in total. The lowest BCUT2D eigenvalue weighted by molar-refractivity contribution is -0.185. The Morgan fingerprint density at radius 3 is 2.79 bits per heavy atom. The van der Waals surface area contributed by atoms with Gasteiger partial charge in [0, 0.05) is 72.8 Å². The first kappa shape index (κ1) is 21.2. The molecule has 3 aromatic heterocycles. The van der Waals surface area contributed by atoms with Gasteiger partial charge in [-0.3, -0.25) is 15.0 Å². The molecule has 0 bridgehead atoms. The van der Waals surface area contributed by atoms with Crippen molar-refractivity contribution < 1.29 is 9.47 Å². The highest BCUT2D eigenvalue weighted by Gasteiger charge is 2.39. The number of rotatable bonds is 5. The Hall–Kier alpha value is -2.36. The van der Waals surface area contributed by atoms with E-state index >= 15 is 0 Å².